The summed E-state index contributed by atoms with van der Waals surface area (Å²) < 4.78 is 0. The Morgan fingerprint density at radius 2 is 1.77 bits per heavy atom. The van der Waals surface area contributed by atoms with Crippen LogP contribution in [0.5, 0.6) is 0 Å². The number of aromatic amines is 1. The fourth-order valence-electron chi connectivity index (χ4n) is 4.66. The molecule has 5 atom stereocenters. The number of carboxylic acid groups (broad SMARTS) is 2. The molecule has 12 heteroatoms. The molecule has 3 amide bonds. The summed E-state index contributed by atoms with van der Waals surface area (Å²) in [6, 6.07) is 3.43. The highest BCUT2D eigenvalue weighted by Gasteiger charge is 2.34. The van der Waals surface area contributed by atoms with E-state index in [1.54, 1.807) is 13.1 Å². The third kappa shape index (κ3) is 8.03. The Kier molecular flexibility index (Phi) is 10.4. The Morgan fingerprint density at radius 1 is 1.03 bits per heavy atom. The molecular weight excluding hydrogens is 506 g/mol. The molecule has 1 saturated heterocycles. The minimum atomic E-state index is -1.25. The van der Waals surface area contributed by atoms with Gasteiger partial charge < -0.3 is 36.5 Å². The molecular formula is C27H37N5O7. The van der Waals surface area contributed by atoms with Gasteiger partial charge in [0.2, 0.25) is 17.7 Å². The van der Waals surface area contributed by atoms with E-state index >= 15 is 0 Å². The van der Waals surface area contributed by atoms with Crippen LogP contribution in [0, 0.1) is 5.92 Å². The number of carboxylic acids is 2. The number of nitrogens with one attached hydrogen (secondary N) is 5. The average molecular weight is 544 g/mol. The van der Waals surface area contributed by atoms with Crippen molar-refractivity contribution in [2.75, 3.05) is 6.54 Å². The second-order valence-electron chi connectivity index (χ2n) is 9.98. The molecule has 2 heterocycles. The Bertz CT molecular complexity index is 1190. The lowest BCUT2D eigenvalue weighted by molar-refractivity contribution is -0.142. The summed E-state index contributed by atoms with van der Waals surface area (Å²) in [5.41, 5.74) is 1.56. The zero-order chi connectivity index (χ0) is 28.5. The number of H-pyrrole nitrogens is 1. The second kappa shape index (κ2) is 13.7. The highest BCUT2D eigenvalue weighted by molar-refractivity contribution is 5.94. The van der Waals surface area contributed by atoms with Crippen LogP contribution in [0.1, 0.15) is 51.5 Å². The van der Waals surface area contributed by atoms with Crippen molar-refractivity contribution in [1.29, 1.82) is 0 Å². The molecule has 12 nitrogen and oxygen atoms in total. The number of aromatic nitrogens is 1. The maximum absolute atomic E-state index is 13.3. The molecule has 0 radical (unpaired) electrons. The van der Waals surface area contributed by atoms with Crippen molar-refractivity contribution in [2.24, 2.45) is 5.92 Å². The van der Waals surface area contributed by atoms with E-state index in [0.717, 1.165) is 22.9 Å². The van der Waals surface area contributed by atoms with E-state index in [1.807, 2.05) is 31.2 Å². The Hall–Kier alpha value is -3.93. The number of hydrogen-bond donors (Lipinski definition) is 7. The number of rotatable bonds is 14. The van der Waals surface area contributed by atoms with Gasteiger partial charge in [-0.05, 0) is 43.4 Å². The molecule has 1 fully saturated rings. The molecule has 0 saturated carbocycles. The van der Waals surface area contributed by atoms with Crippen LogP contribution < -0.4 is 21.3 Å². The van der Waals surface area contributed by atoms with Crippen LogP contribution in [0.3, 0.4) is 0 Å². The molecule has 1 aliphatic heterocycles. The summed E-state index contributed by atoms with van der Waals surface area (Å²) in [7, 11) is 0. The van der Waals surface area contributed by atoms with Crippen LogP contribution in [-0.2, 0) is 30.4 Å². The fourth-order valence-corrected chi connectivity index (χ4v) is 4.66. The molecule has 0 spiro atoms. The van der Waals surface area contributed by atoms with Crippen LogP contribution in [0.4, 0.5) is 0 Å². The van der Waals surface area contributed by atoms with Gasteiger partial charge in [0.05, 0.1) is 6.04 Å². The van der Waals surface area contributed by atoms with Crippen LogP contribution in [0.2, 0.25) is 0 Å². The third-order valence-electron chi connectivity index (χ3n) is 7.16. The fraction of sp³-hybridized carbons (Fsp3) is 0.519. The predicted molar refractivity (Wildman–Crippen MR) is 143 cm³/mol. The Labute approximate surface area is 226 Å². The number of para-hydroxylation sites is 1. The molecule has 212 valence electrons. The van der Waals surface area contributed by atoms with Crippen LogP contribution in [0.15, 0.2) is 30.5 Å². The third-order valence-corrected chi connectivity index (χ3v) is 7.16. The summed E-state index contributed by atoms with van der Waals surface area (Å²) in [6.07, 6.45) is 3.12. The largest absolute Gasteiger partial charge is 0.481 e. The first-order valence-corrected chi connectivity index (χ1v) is 13.2. The lowest BCUT2D eigenvalue weighted by Gasteiger charge is -2.28. The van der Waals surface area contributed by atoms with E-state index in [4.69, 9.17) is 5.11 Å². The van der Waals surface area contributed by atoms with Crippen molar-refractivity contribution in [3.05, 3.63) is 36.0 Å². The maximum Gasteiger partial charge on any atom is 0.326 e. The summed E-state index contributed by atoms with van der Waals surface area (Å²) in [6.45, 7) is 4.24. The highest BCUT2D eigenvalue weighted by atomic mass is 16.4. The number of carbonyl (C=O) groups is 5. The van der Waals surface area contributed by atoms with Crippen molar-refractivity contribution in [1.82, 2.24) is 26.3 Å². The molecule has 1 aliphatic rings. The SMILES string of the molecule is CCC(C)C(NC(=O)C(CCC(=O)O)NC(=O)C1CCCN1)C(=O)NC(Cc1c[nH]c2ccccc12)C(=O)O. The molecule has 3 rings (SSSR count). The van der Waals surface area contributed by atoms with Gasteiger partial charge in [-0.1, -0.05) is 38.5 Å². The maximum atomic E-state index is 13.3. The Balaban J connectivity index is 1.73. The molecule has 39 heavy (non-hydrogen) atoms. The summed E-state index contributed by atoms with van der Waals surface area (Å²) in [4.78, 5) is 65.5. The van der Waals surface area contributed by atoms with Crippen molar-refractivity contribution >= 4 is 40.6 Å². The number of amides is 3. The van der Waals surface area contributed by atoms with Crippen molar-refractivity contribution < 1.29 is 34.2 Å². The number of aliphatic carboxylic acids is 2. The van der Waals surface area contributed by atoms with Crippen LogP contribution in [0.25, 0.3) is 10.9 Å². The smallest absolute Gasteiger partial charge is 0.326 e. The van der Waals surface area contributed by atoms with Crippen molar-refractivity contribution in [3.8, 4) is 0 Å². The van der Waals surface area contributed by atoms with Crippen LogP contribution in [-0.4, -0.2) is 75.6 Å². The normalized spacial score (nSPS) is 18.1. The molecule has 7 N–H and O–H groups in total. The first-order chi connectivity index (χ1) is 18.6. The standard InChI is InChI=1S/C27H37N5O7/c1-3-15(2)23(32-25(36)20(10-11-22(33)34)30-24(35)19-9-6-12-28-19)26(37)31-21(27(38)39)13-16-14-29-18-8-5-4-7-17(16)18/h4-5,7-8,14-15,19-21,23,28-29H,3,6,9-13H2,1-2H3,(H,30,35)(H,31,37)(H,32,36)(H,33,34)(H,38,39). The average Bonchev–Trinajstić information content (AvgIpc) is 3.59. The number of fused-ring (bicyclic) bond motifs is 1. The van der Waals surface area contributed by atoms with Gasteiger partial charge in [0.1, 0.15) is 18.1 Å². The monoisotopic (exact) mass is 543 g/mol. The highest BCUT2D eigenvalue weighted by Crippen LogP contribution is 2.19. The van der Waals surface area contributed by atoms with Gasteiger partial charge in [-0.25, -0.2) is 4.79 Å². The topological polar surface area (TPSA) is 190 Å². The van der Waals surface area contributed by atoms with Gasteiger partial charge in [0, 0.05) is 29.9 Å². The molecule has 2 aromatic rings. The first-order valence-electron chi connectivity index (χ1n) is 13.2. The van der Waals surface area contributed by atoms with E-state index in [9.17, 15) is 29.1 Å². The van der Waals surface area contributed by atoms with E-state index in [2.05, 4.69) is 26.3 Å². The van der Waals surface area contributed by atoms with Crippen LogP contribution >= 0.6 is 0 Å². The van der Waals surface area contributed by atoms with Gasteiger partial charge in [0.25, 0.3) is 0 Å². The zero-order valence-corrected chi connectivity index (χ0v) is 22.2. The number of benzene rings is 1. The summed E-state index contributed by atoms with van der Waals surface area (Å²) in [5, 5.41) is 30.7. The van der Waals surface area contributed by atoms with Gasteiger partial charge in [-0.3, -0.25) is 19.2 Å². The number of carbonyl (C=O) groups excluding carboxylic acids is 3. The van der Waals surface area contributed by atoms with Crippen molar-refractivity contribution in [2.45, 2.75) is 76.5 Å². The van der Waals surface area contributed by atoms with Gasteiger partial charge in [-0.2, -0.15) is 0 Å². The molecule has 5 unspecified atom stereocenters. The molecule has 0 bridgehead atoms. The Morgan fingerprint density at radius 3 is 2.41 bits per heavy atom. The quantitative estimate of drug-likeness (QED) is 0.183. The van der Waals surface area contributed by atoms with Gasteiger partial charge in [0.15, 0.2) is 0 Å². The lowest BCUT2D eigenvalue weighted by Crippen LogP contribution is -2.58. The summed E-state index contributed by atoms with van der Waals surface area (Å²) >= 11 is 0. The van der Waals surface area contributed by atoms with E-state index in [0.29, 0.717) is 19.4 Å². The van der Waals surface area contributed by atoms with E-state index < -0.39 is 53.8 Å². The molecule has 0 aliphatic carbocycles. The number of hydrogen-bond acceptors (Lipinski definition) is 6. The lowest BCUT2D eigenvalue weighted by atomic mass is 9.96. The minimum Gasteiger partial charge on any atom is -0.481 e. The minimum absolute atomic E-state index is 0.0257. The van der Waals surface area contributed by atoms with Gasteiger partial charge >= 0.3 is 11.9 Å². The van der Waals surface area contributed by atoms with Crippen molar-refractivity contribution in [3.63, 3.8) is 0 Å². The predicted octanol–water partition coefficient (Wildman–Crippen LogP) is 0.912. The first kappa shape index (κ1) is 29.6. The van der Waals surface area contributed by atoms with Gasteiger partial charge in [-0.15, -0.1) is 0 Å². The second-order valence-corrected chi connectivity index (χ2v) is 9.98. The molecule has 1 aromatic carbocycles. The molecule has 1 aromatic heterocycles. The van der Waals surface area contributed by atoms with E-state index in [-0.39, 0.29) is 25.2 Å². The van der Waals surface area contributed by atoms with E-state index in [1.165, 1.54) is 0 Å². The summed E-state index contributed by atoms with van der Waals surface area (Å²) in [5.74, 6) is -4.51. The zero-order valence-electron chi connectivity index (χ0n) is 22.2.